The maximum Gasteiger partial charge on any atom is 0.264 e. The lowest BCUT2D eigenvalue weighted by Crippen LogP contribution is -2.36. The summed E-state index contributed by atoms with van der Waals surface area (Å²) in [4.78, 5) is 29.1. The molecule has 4 rings (SSSR count). The molecule has 1 fully saturated rings. The second-order valence-electron chi connectivity index (χ2n) is 7.19. The van der Waals surface area contributed by atoms with Crippen molar-refractivity contribution in [1.82, 2.24) is 24.6 Å². The number of aryl methyl sites for hydroxylation is 1. The summed E-state index contributed by atoms with van der Waals surface area (Å²) in [5, 5.41) is 7.72. The Morgan fingerprint density at radius 1 is 1.33 bits per heavy atom. The zero-order valence-corrected chi connectivity index (χ0v) is 15.4. The fourth-order valence-electron chi connectivity index (χ4n) is 3.38. The third-order valence-corrected chi connectivity index (χ3v) is 5.16. The third kappa shape index (κ3) is 3.63. The highest BCUT2D eigenvalue weighted by Crippen LogP contribution is 2.26. The highest BCUT2D eigenvalue weighted by Gasteiger charge is 2.24. The van der Waals surface area contributed by atoms with Crippen molar-refractivity contribution in [1.29, 1.82) is 0 Å². The first kappa shape index (κ1) is 17.5. The number of hydrogen-bond donors (Lipinski definition) is 1. The summed E-state index contributed by atoms with van der Waals surface area (Å²) in [6, 6.07) is 8.07. The second-order valence-corrected chi connectivity index (χ2v) is 7.19. The molecule has 0 saturated heterocycles. The molecule has 1 N–H and O–H groups in total. The molecule has 2 heterocycles. The average Bonchev–Trinajstić information content (AvgIpc) is 3.00. The molecule has 1 aliphatic carbocycles. The standard InChI is InChI=1S/C20H23N5O2/c1-14-4-2-5-15(10-14)12-24-13-22-18-17(20(24)27)11-23-25(18)9-8-21-19(26)16-6-3-7-16/h2,4-5,10-11,13,16H,3,6-9,12H2,1H3,(H,21,26). The van der Waals surface area contributed by atoms with Gasteiger partial charge in [-0.3, -0.25) is 14.2 Å². The van der Waals surface area contributed by atoms with Crippen LogP contribution in [0.4, 0.5) is 0 Å². The van der Waals surface area contributed by atoms with Crippen molar-refractivity contribution < 1.29 is 4.79 Å². The van der Waals surface area contributed by atoms with E-state index in [9.17, 15) is 9.59 Å². The van der Waals surface area contributed by atoms with Gasteiger partial charge in [0, 0.05) is 12.5 Å². The van der Waals surface area contributed by atoms with Crippen LogP contribution in [0.25, 0.3) is 11.0 Å². The van der Waals surface area contributed by atoms with Gasteiger partial charge in [-0.15, -0.1) is 0 Å². The molecule has 1 aromatic carbocycles. The van der Waals surface area contributed by atoms with E-state index >= 15 is 0 Å². The number of fused-ring (bicyclic) bond motifs is 1. The molecule has 0 aliphatic heterocycles. The molecule has 0 unspecified atom stereocenters. The van der Waals surface area contributed by atoms with E-state index in [4.69, 9.17) is 0 Å². The Balaban J connectivity index is 1.47. The number of carbonyl (C=O) groups excluding carboxylic acids is 1. The van der Waals surface area contributed by atoms with Gasteiger partial charge in [-0.05, 0) is 25.3 Å². The number of aromatic nitrogens is 4. The molecule has 2 aromatic heterocycles. The van der Waals surface area contributed by atoms with Gasteiger partial charge in [-0.25, -0.2) is 9.67 Å². The first-order valence-corrected chi connectivity index (χ1v) is 9.36. The predicted octanol–water partition coefficient (Wildman–Crippen LogP) is 1.87. The van der Waals surface area contributed by atoms with E-state index < -0.39 is 0 Å². The van der Waals surface area contributed by atoms with Gasteiger partial charge >= 0.3 is 0 Å². The van der Waals surface area contributed by atoms with Crippen molar-refractivity contribution in [2.24, 2.45) is 5.92 Å². The van der Waals surface area contributed by atoms with Crippen molar-refractivity contribution in [3.05, 3.63) is 58.3 Å². The highest BCUT2D eigenvalue weighted by atomic mass is 16.2. The van der Waals surface area contributed by atoms with Crippen LogP contribution >= 0.6 is 0 Å². The number of benzene rings is 1. The molecule has 140 valence electrons. The number of amides is 1. The largest absolute Gasteiger partial charge is 0.354 e. The molecule has 3 aromatic rings. The molecule has 7 nitrogen and oxygen atoms in total. The molecular formula is C20H23N5O2. The quantitative estimate of drug-likeness (QED) is 0.723. The maximum absolute atomic E-state index is 12.7. The number of carbonyl (C=O) groups is 1. The van der Waals surface area contributed by atoms with Crippen molar-refractivity contribution in [2.45, 2.75) is 39.3 Å². The van der Waals surface area contributed by atoms with E-state index in [0.717, 1.165) is 30.4 Å². The fourth-order valence-corrected chi connectivity index (χ4v) is 3.38. The Labute approximate surface area is 157 Å². The summed E-state index contributed by atoms with van der Waals surface area (Å²) in [5.74, 6) is 0.289. The van der Waals surface area contributed by atoms with E-state index in [1.165, 1.54) is 0 Å². The maximum atomic E-state index is 12.7. The van der Waals surface area contributed by atoms with Crippen LogP contribution in [0.2, 0.25) is 0 Å². The van der Waals surface area contributed by atoms with Gasteiger partial charge in [0.25, 0.3) is 5.56 Å². The van der Waals surface area contributed by atoms with Gasteiger partial charge in [0.1, 0.15) is 11.7 Å². The molecule has 1 amide bonds. The second kappa shape index (κ2) is 7.34. The monoisotopic (exact) mass is 365 g/mol. The lowest BCUT2D eigenvalue weighted by molar-refractivity contribution is -0.127. The van der Waals surface area contributed by atoms with Crippen LogP contribution in [-0.2, 0) is 17.9 Å². The predicted molar refractivity (Wildman–Crippen MR) is 102 cm³/mol. The number of rotatable bonds is 6. The van der Waals surface area contributed by atoms with Crippen molar-refractivity contribution in [3.8, 4) is 0 Å². The summed E-state index contributed by atoms with van der Waals surface area (Å²) in [7, 11) is 0. The summed E-state index contributed by atoms with van der Waals surface area (Å²) in [5.41, 5.74) is 2.67. The molecule has 0 bridgehead atoms. The van der Waals surface area contributed by atoms with Crippen molar-refractivity contribution in [2.75, 3.05) is 6.54 Å². The Morgan fingerprint density at radius 3 is 2.93 bits per heavy atom. The van der Waals surface area contributed by atoms with Crippen LogP contribution in [0.5, 0.6) is 0 Å². The van der Waals surface area contributed by atoms with Gasteiger partial charge in [-0.2, -0.15) is 5.10 Å². The van der Waals surface area contributed by atoms with E-state index in [1.807, 2.05) is 25.1 Å². The number of nitrogens with zero attached hydrogens (tertiary/aromatic N) is 4. The summed E-state index contributed by atoms with van der Waals surface area (Å²) in [6.07, 6.45) is 6.24. The average molecular weight is 365 g/mol. The SMILES string of the molecule is Cc1cccc(Cn2cnc3c(cnn3CCNC(=O)C3CCC3)c2=O)c1. The number of hydrogen-bond acceptors (Lipinski definition) is 4. The minimum atomic E-state index is -0.105. The van der Waals surface area contributed by atoms with Gasteiger partial charge in [0.2, 0.25) is 5.91 Å². The van der Waals surface area contributed by atoms with E-state index in [-0.39, 0.29) is 17.4 Å². The zero-order chi connectivity index (χ0) is 18.8. The van der Waals surface area contributed by atoms with E-state index in [0.29, 0.717) is 30.7 Å². The van der Waals surface area contributed by atoms with E-state index in [2.05, 4.69) is 21.5 Å². The Hall–Kier alpha value is -2.96. The van der Waals surface area contributed by atoms with Crippen LogP contribution in [0, 0.1) is 12.8 Å². The summed E-state index contributed by atoms with van der Waals surface area (Å²) < 4.78 is 3.27. The molecule has 0 radical (unpaired) electrons. The summed E-state index contributed by atoms with van der Waals surface area (Å²) in [6.45, 7) is 3.49. The van der Waals surface area contributed by atoms with Gasteiger partial charge in [-0.1, -0.05) is 36.2 Å². The Bertz CT molecular complexity index is 1030. The molecule has 0 spiro atoms. The van der Waals surface area contributed by atoms with Crippen LogP contribution in [0.15, 0.2) is 41.6 Å². The molecule has 0 atom stereocenters. The number of nitrogens with one attached hydrogen (secondary N) is 1. The lowest BCUT2D eigenvalue weighted by Gasteiger charge is -2.23. The zero-order valence-electron chi connectivity index (χ0n) is 15.4. The van der Waals surface area contributed by atoms with Gasteiger partial charge in [0.15, 0.2) is 5.65 Å². The molecule has 1 aliphatic rings. The smallest absolute Gasteiger partial charge is 0.264 e. The normalized spacial score (nSPS) is 14.3. The van der Waals surface area contributed by atoms with Crippen molar-refractivity contribution in [3.63, 3.8) is 0 Å². The Kier molecular flexibility index (Phi) is 4.75. The van der Waals surface area contributed by atoms with Crippen LogP contribution < -0.4 is 10.9 Å². The highest BCUT2D eigenvalue weighted by molar-refractivity contribution is 5.79. The molecule has 27 heavy (non-hydrogen) atoms. The minimum absolute atomic E-state index is 0.105. The van der Waals surface area contributed by atoms with Crippen LogP contribution in [0.3, 0.4) is 0 Å². The van der Waals surface area contributed by atoms with E-state index in [1.54, 1.807) is 21.8 Å². The third-order valence-electron chi connectivity index (χ3n) is 5.16. The topological polar surface area (TPSA) is 81.8 Å². The molecular weight excluding hydrogens is 342 g/mol. The van der Waals surface area contributed by atoms with Crippen molar-refractivity contribution >= 4 is 16.9 Å². The lowest BCUT2D eigenvalue weighted by atomic mass is 9.85. The van der Waals surface area contributed by atoms with Crippen LogP contribution in [0.1, 0.15) is 30.4 Å². The first-order valence-electron chi connectivity index (χ1n) is 9.36. The van der Waals surface area contributed by atoms with Crippen LogP contribution in [-0.4, -0.2) is 31.8 Å². The first-order chi connectivity index (χ1) is 13.1. The van der Waals surface area contributed by atoms with Gasteiger partial charge < -0.3 is 5.32 Å². The van der Waals surface area contributed by atoms with Gasteiger partial charge in [0.05, 0.1) is 19.3 Å². The fraction of sp³-hybridized carbons (Fsp3) is 0.400. The summed E-state index contributed by atoms with van der Waals surface area (Å²) >= 11 is 0. The Morgan fingerprint density at radius 2 is 2.19 bits per heavy atom. The molecule has 1 saturated carbocycles. The minimum Gasteiger partial charge on any atom is -0.354 e. The molecule has 7 heteroatoms.